The van der Waals surface area contributed by atoms with Crippen LogP contribution >= 0.6 is 0 Å². The Morgan fingerprint density at radius 1 is 1.53 bits per heavy atom. The summed E-state index contributed by atoms with van der Waals surface area (Å²) in [6.07, 6.45) is 1.62. The molecule has 1 atom stereocenters. The second-order valence-electron chi connectivity index (χ2n) is 4.50. The van der Waals surface area contributed by atoms with Gasteiger partial charge in [-0.2, -0.15) is 0 Å². The second kappa shape index (κ2) is 5.47. The van der Waals surface area contributed by atoms with Gasteiger partial charge in [0.25, 0.3) is 0 Å². The van der Waals surface area contributed by atoms with Crippen LogP contribution < -0.4 is 4.74 Å². The summed E-state index contributed by atoms with van der Waals surface area (Å²) in [5.41, 5.74) is 0.914. The first kappa shape index (κ1) is 12.3. The summed E-state index contributed by atoms with van der Waals surface area (Å²) in [5, 5.41) is 9.56. The third kappa shape index (κ3) is 3.17. The third-order valence-corrected chi connectivity index (χ3v) is 3.10. The van der Waals surface area contributed by atoms with E-state index < -0.39 is 0 Å². The first-order valence-corrected chi connectivity index (χ1v) is 5.92. The Morgan fingerprint density at radius 2 is 2.35 bits per heavy atom. The molecule has 1 fully saturated rings. The van der Waals surface area contributed by atoms with Crippen LogP contribution in [0.1, 0.15) is 18.4 Å². The Hall–Kier alpha value is -1.13. The second-order valence-corrected chi connectivity index (χ2v) is 4.50. The van der Waals surface area contributed by atoms with E-state index in [9.17, 15) is 9.50 Å². The number of hydrogen-bond donors (Lipinski definition) is 1. The van der Waals surface area contributed by atoms with Gasteiger partial charge in [0.2, 0.25) is 0 Å². The number of ether oxygens (including phenoxy) is 1. The van der Waals surface area contributed by atoms with E-state index in [1.807, 2.05) is 6.07 Å². The van der Waals surface area contributed by atoms with Gasteiger partial charge in [0.1, 0.15) is 0 Å². The molecule has 0 unspecified atom stereocenters. The van der Waals surface area contributed by atoms with E-state index in [-0.39, 0.29) is 17.7 Å². The van der Waals surface area contributed by atoms with Crippen molar-refractivity contribution < 1.29 is 14.2 Å². The normalized spacial score (nSPS) is 21.5. The van der Waals surface area contributed by atoms with E-state index in [4.69, 9.17) is 4.74 Å². The molecule has 0 spiro atoms. The molecule has 17 heavy (non-hydrogen) atoms. The average molecular weight is 239 g/mol. The number of benzene rings is 1. The van der Waals surface area contributed by atoms with Gasteiger partial charge in [-0.15, -0.1) is 0 Å². The summed E-state index contributed by atoms with van der Waals surface area (Å²) >= 11 is 0. The maximum atomic E-state index is 13.5. The van der Waals surface area contributed by atoms with Gasteiger partial charge >= 0.3 is 0 Å². The highest BCUT2D eigenvalue weighted by atomic mass is 19.1. The molecule has 0 bridgehead atoms. The number of nitrogens with zero attached hydrogens (tertiary/aromatic N) is 1. The fourth-order valence-electron chi connectivity index (χ4n) is 2.24. The molecule has 1 N–H and O–H groups in total. The third-order valence-electron chi connectivity index (χ3n) is 3.10. The van der Waals surface area contributed by atoms with Crippen LogP contribution in [0, 0.1) is 5.82 Å². The van der Waals surface area contributed by atoms with Gasteiger partial charge in [0.05, 0.1) is 13.2 Å². The SMILES string of the molecule is COc1ccc(CN2CCC[C@@H](O)C2)cc1F. The summed E-state index contributed by atoms with van der Waals surface area (Å²) in [6.45, 7) is 2.32. The average Bonchev–Trinajstić information content (AvgIpc) is 2.29. The quantitative estimate of drug-likeness (QED) is 0.873. The summed E-state index contributed by atoms with van der Waals surface area (Å²) < 4.78 is 18.4. The summed E-state index contributed by atoms with van der Waals surface area (Å²) in [5.74, 6) is -0.0602. The zero-order chi connectivity index (χ0) is 12.3. The zero-order valence-corrected chi connectivity index (χ0v) is 10.0. The van der Waals surface area contributed by atoms with Gasteiger partial charge in [-0.1, -0.05) is 6.07 Å². The molecular formula is C13H18FNO2. The van der Waals surface area contributed by atoms with Crippen LogP contribution in [0.2, 0.25) is 0 Å². The maximum absolute atomic E-state index is 13.5. The molecule has 0 aliphatic carbocycles. The molecule has 0 radical (unpaired) electrons. The van der Waals surface area contributed by atoms with Crippen LogP contribution in [0.5, 0.6) is 5.75 Å². The lowest BCUT2D eigenvalue weighted by atomic mass is 10.1. The molecule has 3 nitrogen and oxygen atoms in total. The molecule has 1 aliphatic rings. The monoisotopic (exact) mass is 239 g/mol. The molecule has 0 saturated carbocycles. The van der Waals surface area contributed by atoms with Crippen molar-refractivity contribution in [2.24, 2.45) is 0 Å². The fraction of sp³-hybridized carbons (Fsp3) is 0.538. The summed E-state index contributed by atoms with van der Waals surface area (Å²) in [7, 11) is 1.46. The topological polar surface area (TPSA) is 32.7 Å². The van der Waals surface area contributed by atoms with Gasteiger partial charge in [-0.3, -0.25) is 4.90 Å². The van der Waals surface area contributed by atoms with Gasteiger partial charge in [-0.05, 0) is 37.1 Å². The minimum absolute atomic E-state index is 0.244. The summed E-state index contributed by atoms with van der Waals surface area (Å²) in [6, 6.07) is 5.01. The molecule has 1 heterocycles. The van der Waals surface area contributed by atoms with Crippen molar-refractivity contribution in [2.75, 3.05) is 20.2 Å². The van der Waals surface area contributed by atoms with Crippen molar-refractivity contribution >= 4 is 0 Å². The number of halogens is 1. The molecule has 1 aliphatic heterocycles. The predicted octanol–water partition coefficient (Wildman–Crippen LogP) is 1.79. The van der Waals surface area contributed by atoms with Crippen LogP contribution in [0.3, 0.4) is 0 Å². The van der Waals surface area contributed by atoms with Crippen molar-refractivity contribution in [3.05, 3.63) is 29.6 Å². The molecule has 0 amide bonds. The van der Waals surface area contributed by atoms with Crippen LogP contribution in [0.4, 0.5) is 4.39 Å². The zero-order valence-electron chi connectivity index (χ0n) is 10.0. The minimum atomic E-state index is -0.331. The number of β-amino-alcohol motifs (C(OH)–C–C–N with tert-alkyl or cyclic N) is 1. The smallest absolute Gasteiger partial charge is 0.165 e. The van der Waals surface area contributed by atoms with E-state index in [0.29, 0.717) is 13.1 Å². The standard InChI is InChI=1S/C13H18FNO2/c1-17-13-5-4-10(7-12(13)14)8-15-6-2-3-11(16)9-15/h4-5,7,11,16H,2-3,6,8-9H2,1H3/t11-/m1/s1. The molecule has 2 rings (SSSR count). The maximum Gasteiger partial charge on any atom is 0.165 e. The highest BCUT2D eigenvalue weighted by molar-refractivity contribution is 5.29. The Bertz CT molecular complexity index is 384. The van der Waals surface area contributed by atoms with Crippen LogP contribution in [-0.4, -0.2) is 36.3 Å². The predicted molar refractivity (Wildman–Crippen MR) is 63.5 cm³/mol. The fourth-order valence-corrected chi connectivity index (χ4v) is 2.24. The summed E-state index contributed by atoms with van der Waals surface area (Å²) in [4.78, 5) is 2.15. The van der Waals surface area contributed by atoms with Gasteiger partial charge in [0, 0.05) is 13.1 Å². The lowest BCUT2D eigenvalue weighted by Crippen LogP contribution is -2.37. The molecule has 1 aromatic carbocycles. The van der Waals surface area contributed by atoms with Crippen LogP contribution in [-0.2, 0) is 6.54 Å². The highest BCUT2D eigenvalue weighted by Gasteiger charge is 2.17. The van der Waals surface area contributed by atoms with Crippen molar-refractivity contribution in [1.82, 2.24) is 4.90 Å². The number of piperidine rings is 1. The molecule has 0 aromatic heterocycles. The molecule has 1 saturated heterocycles. The molecule has 4 heteroatoms. The Balaban J connectivity index is 2.00. The number of aliphatic hydroxyl groups is 1. The lowest BCUT2D eigenvalue weighted by Gasteiger charge is -2.29. The lowest BCUT2D eigenvalue weighted by molar-refractivity contribution is 0.0668. The first-order chi connectivity index (χ1) is 8.19. The first-order valence-electron chi connectivity index (χ1n) is 5.92. The van der Waals surface area contributed by atoms with Crippen molar-refractivity contribution in [3.8, 4) is 5.75 Å². The number of hydrogen-bond acceptors (Lipinski definition) is 3. The van der Waals surface area contributed by atoms with Crippen molar-refractivity contribution in [3.63, 3.8) is 0 Å². The Labute approximate surface area is 101 Å². The number of rotatable bonds is 3. The van der Waals surface area contributed by atoms with Crippen molar-refractivity contribution in [2.45, 2.75) is 25.5 Å². The van der Waals surface area contributed by atoms with Gasteiger partial charge in [-0.25, -0.2) is 4.39 Å². The number of methoxy groups -OCH3 is 1. The van der Waals surface area contributed by atoms with E-state index in [2.05, 4.69) is 4.90 Å². The molecule has 94 valence electrons. The Morgan fingerprint density at radius 3 is 3.00 bits per heavy atom. The van der Waals surface area contributed by atoms with E-state index in [0.717, 1.165) is 24.9 Å². The van der Waals surface area contributed by atoms with E-state index in [1.165, 1.54) is 13.2 Å². The van der Waals surface area contributed by atoms with E-state index >= 15 is 0 Å². The largest absolute Gasteiger partial charge is 0.494 e. The minimum Gasteiger partial charge on any atom is -0.494 e. The van der Waals surface area contributed by atoms with Crippen molar-refractivity contribution in [1.29, 1.82) is 0 Å². The highest BCUT2D eigenvalue weighted by Crippen LogP contribution is 2.20. The Kier molecular flexibility index (Phi) is 3.97. The van der Waals surface area contributed by atoms with Gasteiger partial charge < -0.3 is 9.84 Å². The van der Waals surface area contributed by atoms with Crippen LogP contribution in [0.25, 0.3) is 0 Å². The van der Waals surface area contributed by atoms with Crippen LogP contribution in [0.15, 0.2) is 18.2 Å². The number of aliphatic hydroxyl groups excluding tert-OH is 1. The molecular weight excluding hydrogens is 221 g/mol. The van der Waals surface area contributed by atoms with Gasteiger partial charge in [0.15, 0.2) is 11.6 Å². The molecule has 1 aromatic rings. The number of likely N-dealkylation sites (tertiary alicyclic amines) is 1. The van der Waals surface area contributed by atoms with E-state index in [1.54, 1.807) is 6.07 Å².